The van der Waals surface area contributed by atoms with Gasteiger partial charge in [0.25, 0.3) is 0 Å². The van der Waals surface area contributed by atoms with Crippen molar-refractivity contribution < 1.29 is 14.9 Å². The van der Waals surface area contributed by atoms with Gasteiger partial charge in [-0.1, -0.05) is 44.2 Å². The maximum atomic E-state index is 10.2. The molecule has 1 aromatic rings. The highest BCUT2D eigenvalue weighted by Crippen LogP contribution is 2.21. The van der Waals surface area contributed by atoms with E-state index in [1.165, 1.54) is 0 Å². The summed E-state index contributed by atoms with van der Waals surface area (Å²) in [5.41, 5.74) is -0.0638. The van der Waals surface area contributed by atoms with Gasteiger partial charge in [-0.15, -0.1) is 0 Å². The lowest BCUT2D eigenvalue weighted by molar-refractivity contribution is -0.139. The summed E-state index contributed by atoms with van der Waals surface area (Å²) in [5, 5.41) is 19.4. The third kappa shape index (κ3) is 3.80. The molecule has 0 amide bonds. The van der Waals surface area contributed by atoms with Gasteiger partial charge in [0.2, 0.25) is 0 Å². The van der Waals surface area contributed by atoms with Crippen LogP contribution >= 0.6 is 0 Å². The summed E-state index contributed by atoms with van der Waals surface area (Å²) in [6.45, 7) is 4.00. The van der Waals surface area contributed by atoms with Crippen LogP contribution in [-0.2, 0) is 11.3 Å². The molecule has 2 N–H and O–H groups in total. The van der Waals surface area contributed by atoms with E-state index in [4.69, 9.17) is 4.74 Å². The summed E-state index contributed by atoms with van der Waals surface area (Å²) in [7, 11) is 0. The second-order valence-corrected chi connectivity index (χ2v) is 4.31. The Balaban J connectivity index is 2.59. The van der Waals surface area contributed by atoms with E-state index in [0.29, 0.717) is 19.4 Å². The molecule has 2 atom stereocenters. The molecule has 17 heavy (non-hydrogen) atoms. The average Bonchev–Trinajstić information content (AvgIpc) is 2.40. The van der Waals surface area contributed by atoms with Gasteiger partial charge in [0.1, 0.15) is 5.60 Å². The Hall–Kier alpha value is -0.900. The molecule has 0 aromatic heterocycles. The number of ether oxygens (including phenoxy) is 1. The molecular formula is C14H22O3. The van der Waals surface area contributed by atoms with Crippen LogP contribution in [-0.4, -0.2) is 28.5 Å². The second kappa shape index (κ2) is 6.74. The fraction of sp³-hybridized carbons (Fsp3) is 0.571. The molecule has 0 spiro atoms. The van der Waals surface area contributed by atoms with Gasteiger partial charge in [-0.3, -0.25) is 0 Å². The lowest BCUT2D eigenvalue weighted by Crippen LogP contribution is -2.46. The molecular weight excluding hydrogens is 216 g/mol. The molecule has 1 rings (SSSR count). The van der Waals surface area contributed by atoms with E-state index in [0.717, 1.165) is 5.56 Å². The van der Waals surface area contributed by atoms with Crippen molar-refractivity contribution in [3.8, 4) is 0 Å². The normalized spacial score (nSPS) is 16.5. The molecule has 0 saturated heterocycles. The predicted octanol–water partition coefficient (Wildman–Crippen LogP) is 2.12. The molecule has 3 nitrogen and oxygen atoms in total. The van der Waals surface area contributed by atoms with Crippen LogP contribution < -0.4 is 0 Å². The number of aliphatic hydroxyl groups excluding tert-OH is 1. The molecule has 0 fully saturated rings. The van der Waals surface area contributed by atoms with Crippen molar-refractivity contribution >= 4 is 0 Å². The van der Waals surface area contributed by atoms with Gasteiger partial charge in [-0.2, -0.15) is 0 Å². The van der Waals surface area contributed by atoms with Crippen molar-refractivity contribution in [3.05, 3.63) is 35.9 Å². The molecule has 0 bridgehead atoms. The molecule has 1 aromatic carbocycles. The number of benzene rings is 1. The molecule has 0 radical (unpaired) electrons. The van der Waals surface area contributed by atoms with E-state index in [2.05, 4.69) is 0 Å². The molecule has 0 aliphatic rings. The molecule has 0 aliphatic heterocycles. The molecule has 0 heterocycles. The summed E-state index contributed by atoms with van der Waals surface area (Å²) in [6, 6.07) is 9.83. The van der Waals surface area contributed by atoms with Crippen LogP contribution in [0.2, 0.25) is 0 Å². The minimum Gasteiger partial charge on any atom is -0.393 e. The van der Waals surface area contributed by atoms with Crippen LogP contribution in [0.25, 0.3) is 0 Å². The quantitative estimate of drug-likeness (QED) is 0.765. The smallest absolute Gasteiger partial charge is 0.113 e. The highest BCUT2D eigenvalue weighted by Gasteiger charge is 2.34. The number of aliphatic hydroxyl groups is 2. The Bertz CT molecular complexity index is 307. The first kappa shape index (κ1) is 14.2. The van der Waals surface area contributed by atoms with Crippen molar-refractivity contribution in [1.29, 1.82) is 0 Å². The SMILES string of the molecule is CCC(OCc1ccccc1)[C@@](O)(CC)CO. The molecule has 3 heteroatoms. The van der Waals surface area contributed by atoms with Crippen LogP contribution in [0, 0.1) is 0 Å². The fourth-order valence-electron chi connectivity index (χ4n) is 1.87. The summed E-state index contributed by atoms with van der Waals surface area (Å²) in [6.07, 6.45) is 0.826. The van der Waals surface area contributed by atoms with Crippen LogP contribution in [0.15, 0.2) is 30.3 Å². The topological polar surface area (TPSA) is 49.7 Å². The van der Waals surface area contributed by atoms with Crippen LogP contribution in [0.1, 0.15) is 32.3 Å². The van der Waals surface area contributed by atoms with E-state index >= 15 is 0 Å². The Morgan fingerprint density at radius 1 is 1.24 bits per heavy atom. The van der Waals surface area contributed by atoms with Gasteiger partial charge >= 0.3 is 0 Å². The summed E-state index contributed by atoms with van der Waals surface area (Å²) in [5.74, 6) is 0. The van der Waals surface area contributed by atoms with Crippen molar-refractivity contribution in [2.45, 2.75) is 45.0 Å². The molecule has 96 valence electrons. The fourth-order valence-corrected chi connectivity index (χ4v) is 1.87. The van der Waals surface area contributed by atoms with Gasteiger partial charge < -0.3 is 14.9 Å². The summed E-state index contributed by atoms with van der Waals surface area (Å²) in [4.78, 5) is 0. The lowest BCUT2D eigenvalue weighted by atomic mass is 9.92. The van der Waals surface area contributed by atoms with E-state index in [1.54, 1.807) is 0 Å². The monoisotopic (exact) mass is 238 g/mol. The highest BCUT2D eigenvalue weighted by molar-refractivity contribution is 5.13. The first-order chi connectivity index (χ1) is 8.16. The van der Waals surface area contributed by atoms with Crippen LogP contribution in [0.4, 0.5) is 0 Å². The average molecular weight is 238 g/mol. The second-order valence-electron chi connectivity index (χ2n) is 4.31. The number of rotatable bonds is 7. The zero-order chi connectivity index (χ0) is 12.7. The molecule has 0 aliphatic carbocycles. The van der Waals surface area contributed by atoms with Crippen molar-refractivity contribution in [2.24, 2.45) is 0 Å². The summed E-state index contributed by atoms with van der Waals surface area (Å²) >= 11 is 0. The third-order valence-electron chi connectivity index (χ3n) is 3.15. The van der Waals surface area contributed by atoms with Crippen LogP contribution in [0.3, 0.4) is 0 Å². The van der Waals surface area contributed by atoms with E-state index in [9.17, 15) is 10.2 Å². The molecule has 1 unspecified atom stereocenters. The Labute approximate surface area is 103 Å². The van der Waals surface area contributed by atoms with Gasteiger partial charge in [0.05, 0.1) is 19.3 Å². The predicted molar refractivity (Wildman–Crippen MR) is 67.6 cm³/mol. The largest absolute Gasteiger partial charge is 0.393 e. The Kier molecular flexibility index (Phi) is 5.62. The zero-order valence-electron chi connectivity index (χ0n) is 10.6. The highest BCUT2D eigenvalue weighted by atomic mass is 16.5. The van der Waals surface area contributed by atoms with Crippen LogP contribution in [0.5, 0.6) is 0 Å². The first-order valence-electron chi connectivity index (χ1n) is 6.15. The number of hydrogen-bond donors (Lipinski definition) is 2. The van der Waals surface area contributed by atoms with Gasteiger partial charge in [0, 0.05) is 0 Å². The van der Waals surface area contributed by atoms with E-state index in [-0.39, 0.29) is 12.7 Å². The van der Waals surface area contributed by atoms with Gasteiger partial charge in [-0.05, 0) is 18.4 Å². The maximum absolute atomic E-state index is 10.2. The van der Waals surface area contributed by atoms with Gasteiger partial charge in [-0.25, -0.2) is 0 Å². The molecule has 0 saturated carbocycles. The lowest BCUT2D eigenvalue weighted by Gasteiger charge is -2.33. The summed E-state index contributed by atoms with van der Waals surface area (Å²) < 4.78 is 5.71. The minimum absolute atomic E-state index is 0.267. The van der Waals surface area contributed by atoms with E-state index < -0.39 is 5.60 Å². The standard InChI is InChI=1S/C14H22O3/c1-3-13(14(16,4-2)11-15)17-10-12-8-6-5-7-9-12/h5-9,13,15-16H,3-4,10-11H2,1-2H3/t13?,14-/m1/s1. The Morgan fingerprint density at radius 3 is 2.35 bits per heavy atom. The first-order valence-corrected chi connectivity index (χ1v) is 6.15. The number of hydrogen-bond acceptors (Lipinski definition) is 3. The van der Waals surface area contributed by atoms with E-state index in [1.807, 2.05) is 44.2 Å². The third-order valence-corrected chi connectivity index (χ3v) is 3.15. The van der Waals surface area contributed by atoms with Crippen molar-refractivity contribution in [2.75, 3.05) is 6.61 Å². The Morgan fingerprint density at radius 2 is 1.88 bits per heavy atom. The van der Waals surface area contributed by atoms with Gasteiger partial charge in [0.15, 0.2) is 0 Å². The minimum atomic E-state index is -1.14. The van der Waals surface area contributed by atoms with Crippen molar-refractivity contribution in [1.82, 2.24) is 0 Å². The maximum Gasteiger partial charge on any atom is 0.113 e. The van der Waals surface area contributed by atoms with Crippen molar-refractivity contribution in [3.63, 3.8) is 0 Å². The zero-order valence-corrected chi connectivity index (χ0v) is 10.6.